The topological polar surface area (TPSA) is 78.8 Å². The number of nitrogens with two attached hydrogens (primary N) is 1. The number of alkyl halides is 3. The highest BCUT2D eigenvalue weighted by molar-refractivity contribution is 5.49. The first-order chi connectivity index (χ1) is 8.91. The molecule has 1 heterocycles. The molecule has 1 fully saturated rings. The number of nitrogens with zero attached hydrogens (tertiary/aromatic N) is 4. The number of anilines is 2. The van der Waals surface area contributed by atoms with E-state index in [1.807, 2.05) is 6.07 Å². The Morgan fingerprint density at radius 1 is 1.42 bits per heavy atom. The van der Waals surface area contributed by atoms with Gasteiger partial charge in [0.05, 0.1) is 12.5 Å². The van der Waals surface area contributed by atoms with Crippen molar-refractivity contribution in [3.05, 3.63) is 11.9 Å². The van der Waals surface area contributed by atoms with E-state index in [-0.39, 0.29) is 24.1 Å². The number of aromatic nitrogens is 2. The fourth-order valence-electron chi connectivity index (χ4n) is 1.77. The van der Waals surface area contributed by atoms with E-state index in [0.29, 0.717) is 6.54 Å². The highest BCUT2D eigenvalue weighted by Crippen LogP contribution is 2.33. The Balaban J connectivity index is 2.31. The van der Waals surface area contributed by atoms with Gasteiger partial charge in [0.1, 0.15) is 11.6 Å². The van der Waals surface area contributed by atoms with E-state index < -0.39 is 12.0 Å². The monoisotopic (exact) mass is 271 g/mol. The van der Waals surface area contributed by atoms with Crippen LogP contribution in [-0.2, 0) is 6.18 Å². The van der Waals surface area contributed by atoms with E-state index in [0.717, 1.165) is 12.8 Å². The molecule has 19 heavy (non-hydrogen) atoms. The standard InChI is InChI=1S/C11H12F3N5/c12-11(13,14)10-17-8(16)6-9(18-10)19(5-1-4-15)7-2-3-7/h6-7H,1-3,5H2,(H2,16,17,18). The van der Waals surface area contributed by atoms with Crippen LogP contribution in [-0.4, -0.2) is 22.6 Å². The zero-order chi connectivity index (χ0) is 14.0. The second kappa shape index (κ2) is 4.91. The van der Waals surface area contributed by atoms with Crippen molar-refractivity contribution in [3.63, 3.8) is 0 Å². The van der Waals surface area contributed by atoms with Gasteiger partial charge in [-0.1, -0.05) is 0 Å². The summed E-state index contributed by atoms with van der Waals surface area (Å²) in [6, 6.07) is 3.42. The third-order valence-electron chi connectivity index (χ3n) is 2.73. The molecule has 0 unspecified atom stereocenters. The van der Waals surface area contributed by atoms with Gasteiger partial charge in [0.25, 0.3) is 0 Å². The van der Waals surface area contributed by atoms with Crippen LogP contribution in [0.3, 0.4) is 0 Å². The Morgan fingerprint density at radius 2 is 2.11 bits per heavy atom. The Bertz CT molecular complexity index is 504. The van der Waals surface area contributed by atoms with Crippen LogP contribution in [0.2, 0.25) is 0 Å². The van der Waals surface area contributed by atoms with Crippen molar-refractivity contribution >= 4 is 11.6 Å². The van der Waals surface area contributed by atoms with Crippen molar-refractivity contribution in [1.82, 2.24) is 9.97 Å². The first kappa shape index (κ1) is 13.4. The maximum atomic E-state index is 12.6. The summed E-state index contributed by atoms with van der Waals surface area (Å²) in [6.45, 7) is 0.342. The highest BCUT2D eigenvalue weighted by atomic mass is 19.4. The van der Waals surface area contributed by atoms with E-state index in [1.54, 1.807) is 4.90 Å². The minimum Gasteiger partial charge on any atom is -0.384 e. The van der Waals surface area contributed by atoms with Gasteiger partial charge in [-0.15, -0.1) is 0 Å². The molecule has 1 aliphatic rings. The van der Waals surface area contributed by atoms with E-state index in [9.17, 15) is 13.2 Å². The Morgan fingerprint density at radius 3 is 2.63 bits per heavy atom. The smallest absolute Gasteiger partial charge is 0.384 e. The van der Waals surface area contributed by atoms with Crippen molar-refractivity contribution in [2.24, 2.45) is 0 Å². The third-order valence-corrected chi connectivity index (χ3v) is 2.73. The molecular formula is C11H12F3N5. The fourth-order valence-corrected chi connectivity index (χ4v) is 1.77. The van der Waals surface area contributed by atoms with Crippen LogP contribution < -0.4 is 10.6 Å². The second-order valence-corrected chi connectivity index (χ2v) is 4.31. The number of hydrogen-bond acceptors (Lipinski definition) is 5. The molecule has 1 saturated carbocycles. The average Bonchev–Trinajstić information content (AvgIpc) is 3.12. The van der Waals surface area contributed by atoms with Gasteiger partial charge < -0.3 is 10.6 Å². The molecule has 1 aromatic heterocycles. The second-order valence-electron chi connectivity index (χ2n) is 4.31. The van der Waals surface area contributed by atoms with Crippen LogP contribution in [0.1, 0.15) is 25.1 Å². The van der Waals surface area contributed by atoms with Crippen molar-refractivity contribution in [2.75, 3.05) is 17.2 Å². The van der Waals surface area contributed by atoms with E-state index in [1.165, 1.54) is 6.07 Å². The van der Waals surface area contributed by atoms with Crippen molar-refractivity contribution in [1.29, 1.82) is 5.26 Å². The molecule has 0 radical (unpaired) electrons. The summed E-state index contributed by atoms with van der Waals surface area (Å²) in [5, 5.41) is 8.59. The van der Waals surface area contributed by atoms with E-state index in [2.05, 4.69) is 9.97 Å². The van der Waals surface area contributed by atoms with Crippen LogP contribution in [0.25, 0.3) is 0 Å². The predicted molar refractivity (Wildman–Crippen MR) is 62.0 cm³/mol. The largest absolute Gasteiger partial charge is 0.451 e. The van der Waals surface area contributed by atoms with Crippen LogP contribution in [0.15, 0.2) is 6.07 Å². The fraction of sp³-hybridized carbons (Fsp3) is 0.545. The lowest BCUT2D eigenvalue weighted by molar-refractivity contribution is -0.144. The summed E-state index contributed by atoms with van der Waals surface area (Å²) in [6.07, 6.45) is -2.64. The van der Waals surface area contributed by atoms with Gasteiger partial charge in [-0.05, 0) is 12.8 Å². The third kappa shape index (κ3) is 3.24. The summed E-state index contributed by atoms with van der Waals surface area (Å²) in [5.41, 5.74) is 5.40. The molecular weight excluding hydrogens is 259 g/mol. The van der Waals surface area contributed by atoms with Gasteiger partial charge in [-0.3, -0.25) is 0 Å². The van der Waals surface area contributed by atoms with Gasteiger partial charge >= 0.3 is 6.18 Å². The lowest BCUT2D eigenvalue weighted by Gasteiger charge is -2.23. The first-order valence-corrected chi connectivity index (χ1v) is 5.77. The number of nitriles is 1. The molecule has 0 aliphatic heterocycles. The zero-order valence-corrected chi connectivity index (χ0v) is 9.98. The molecule has 5 nitrogen and oxygen atoms in total. The summed E-state index contributed by atoms with van der Waals surface area (Å²) < 4.78 is 37.9. The van der Waals surface area contributed by atoms with Crippen molar-refractivity contribution < 1.29 is 13.2 Å². The lowest BCUT2D eigenvalue weighted by atomic mass is 10.3. The molecule has 1 aliphatic carbocycles. The van der Waals surface area contributed by atoms with Crippen molar-refractivity contribution in [2.45, 2.75) is 31.5 Å². The van der Waals surface area contributed by atoms with Crippen LogP contribution >= 0.6 is 0 Å². The Kier molecular flexibility index (Phi) is 3.46. The first-order valence-electron chi connectivity index (χ1n) is 5.77. The van der Waals surface area contributed by atoms with Gasteiger partial charge in [0, 0.05) is 18.7 Å². The molecule has 1 aromatic rings. The molecule has 102 valence electrons. The number of rotatable bonds is 4. The quantitative estimate of drug-likeness (QED) is 0.905. The SMILES string of the molecule is N#CCCN(c1cc(N)nc(C(F)(F)F)n1)C1CC1. The highest BCUT2D eigenvalue weighted by Gasteiger charge is 2.37. The summed E-state index contributed by atoms with van der Waals surface area (Å²) in [5.74, 6) is -1.33. The van der Waals surface area contributed by atoms with Gasteiger partial charge in [-0.2, -0.15) is 18.4 Å². The Hall–Kier alpha value is -2.04. The summed E-state index contributed by atoms with van der Waals surface area (Å²) in [4.78, 5) is 8.41. The molecule has 0 saturated heterocycles. The van der Waals surface area contributed by atoms with Gasteiger partial charge in [-0.25, -0.2) is 9.97 Å². The van der Waals surface area contributed by atoms with Gasteiger partial charge in [0.15, 0.2) is 0 Å². The minimum atomic E-state index is -4.63. The summed E-state index contributed by atoms with van der Waals surface area (Å²) in [7, 11) is 0. The molecule has 0 amide bonds. The molecule has 2 N–H and O–H groups in total. The minimum absolute atomic E-state index is 0.137. The zero-order valence-electron chi connectivity index (χ0n) is 9.98. The van der Waals surface area contributed by atoms with Gasteiger partial charge in [0.2, 0.25) is 5.82 Å². The molecule has 0 bridgehead atoms. The summed E-state index contributed by atoms with van der Waals surface area (Å²) >= 11 is 0. The Labute approximate surface area is 107 Å². The number of hydrogen-bond donors (Lipinski definition) is 1. The molecule has 0 spiro atoms. The van der Waals surface area contributed by atoms with E-state index in [4.69, 9.17) is 11.0 Å². The maximum absolute atomic E-state index is 12.6. The molecule has 8 heteroatoms. The van der Waals surface area contributed by atoms with Crippen LogP contribution in [0.5, 0.6) is 0 Å². The molecule has 2 rings (SSSR count). The average molecular weight is 271 g/mol. The van der Waals surface area contributed by atoms with Crippen molar-refractivity contribution in [3.8, 4) is 6.07 Å². The van der Waals surface area contributed by atoms with Crippen LogP contribution in [0, 0.1) is 11.3 Å². The maximum Gasteiger partial charge on any atom is 0.451 e. The normalized spacial score (nSPS) is 15.1. The number of nitrogen functional groups attached to an aromatic ring is 1. The molecule has 0 atom stereocenters. The van der Waals surface area contributed by atoms with Crippen LogP contribution in [0.4, 0.5) is 24.8 Å². The van der Waals surface area contributed by atoms with E-state index >= 15 is 0 Å². The molecule has 0 aromatic carbocycles. The number of halogens is 3. The lowest BCUT2D eigenvalue weighted by Crippen LogP contribution is -2.29. The predicted octanol–water partition coefficient (Wildman–Crippen LogP) is 1.96.